The van der Waals surface area contributed by atoms with E-state index < -0.39 is 0 Å². The van der Waals surface area contributed by atoms with Gasteiger partial charge in [0.2, 0.25) is 11.8 Å². The molecule has 5 atom stereocenters. The summed E-state index contributed by atoms with van der Waals surface area (Å²) in [5, 5.41) is 10.6. The Kier molecular flexibility index (Phi) is 4.35. The number of thiophene rings is 1. The zero-order valence-electron chi connectivity index (χ0n) is 18.5. The summed E-state index contributed by atoms with van der Waals surface area (Å²) in [6, 6.07) is 2.36. The van der Waals surface area contributed by atoms with E-state index in [2.05, 4.69) is 40.7 Å². The number of anilines is 1. The predicted octanol–water partition coefficient (Wildman–Crippen LogP) is 5.25. The Morgan fingerprint density at radius 2 is 1.67 bits per heavy atom. The van der Waals surface area contributed by atoms with E-state index in [1.54, 1.807) is 0 Å². The molecule has 0 aromatic carbocycles. The van der Waals surface area contributed by atoms with Gasteiger partial charge in [0.15, 0.2) is 0 Å². The van der Waals surface area contributed by atoms with Crippen molar-refractivity contribution in [3.8, 4) is 6.07 Å². The molecule has 2 saturated carbocycles. The van der Waals surface area contributed by atoms with Crippen LogP contribution in [-0.2, 0) is 22.4 Å². The molecule has 2 amide bonds. The third kappa shape index (κ3) is 2.56. The lowest BCUT2D eigenvalue weighted by molar-refractivity contribution is -0.122. The van der Waals surface area contributed by atoms with Crippen LogP contribution in [0.2, 0.25) is 0 Å². The number of fused-ring (bicyclic) bond motifs is 6. The normalized spacial score (nSPS) is 32.5. The van der Waals surface area contributed by atoms with Crippen LogP contribution in [0.3, 0.4) is 0 Å². The largest absolute Gasteiger partial charge is 0.274 e. The van der Waals surface area contributed by atoms with Gasteiger partial charge in [-0.05, 0) is 74.7 Å². The van der Waals surface area contributed by atoms with Crippen LogP contribution in [0.25, 0.3) is 0 Å². The third-order valence-corrected chi connectivity index (χ3v) is 9.46. The SMILES string of the molecule is CC(C)=C1[C@H]2CC[C@@H]1[C@H]1C(=O)N(c3sc4c(c3C#N)CC[C@@H](C(C)(C)C)C4)C(=O)[C@@H]12. The predicted molar refractivity (Wildman–Crippen MR) is 118 cm³/mol. The first-order valence-electron chi connectivity index (χ1n) is 11.2. The molecule has 3 fully saturated rings. The van der Waals surface area contributed by atoms with Crippen molar-refractivity contribution in [2.24, 2.45) is 35.0 Å². The first-order chi connectivity index (χ1) is 14.1. The molecule has 0 N–H and O–H groups in total. The van der Waals surface area contributed by atoms with E-state index in [1.807, 2.05) is 0 Å². The molecule has 1 saturated heterocycles. The molecule has 0 radical (unpaired) electrons. The van der Waals surface area contributed by atoms with E-state index in [0.717, 1.165) is 37.7 Å². The zero-order chi connectivity index (χ0) is 21.5. The Morgan fingerprint density at radius 3 is 2.17 bits per heavy atom. The molecule has 2 heterocycles. The minimum atomic E-state index is -0.214. The van der Waals surface area contributed by atoms with Gasteiger partial charge in [-0.2, -0.15) is 5.26 Å². The molecule has 5 rings (SSSR count). The lowest BCUT2D eigenvalue weighted by Crippen LogP contribution is -2.33. The van der Waals surface area contributed by atoms with Gasteiger partial charge in [0.05, 0.1) is 17.4 Å². The van der Waals surface area contributed by atoms with Crippen LogP contribution in [-0.4, -0.2) is 11.8 Å². The van der Waals surface area contributed by atoms with Crippen molar-refractivity contribution in [3.63, 3.8) is 0 Å². The molecule has 1 aromatic rings. The minimum absolute atomic E-state index is 0.0570. The van der Waals surface area contributed by atoms with Gasteiger partial charge in [-0.1, -0.05) is 31.9 Å². The summed E-state index contributed by atoms with van der Waals surface area (Å²) in [5.41, 5.74) is 4.53. The minimum Gasteiger partial charge on any atom is -0.274 e. The molecule has 158 valence electrons. The second kappa shape index (κ2) is 6.53. The van der Waals surface area contributed by atoms with Crippen molar-refractivity contribution in [1.82, 2.24) is 0 Å². The number of rotatable bonds is 1. The highest BCUT2D eigenvalue weighted by Gasteiger charge is 2.64. The number of allylic oxidation sites excluding steroid dienone is 2. The summed E-state index contributed by atoms with van der Waals surface area (Å²) in [6.07, 6.45) is 4.89. The molecule has 5 heteroatoms. The molecule has 3 aliphatic carbocycles. The fraction of sp³-hybridized carbons (Fsp3) is 0.640. The van der Waals surface area contributed by atoms with Crippen LogP contribution < -0.4 is 4.90 Å². The Hall–Kier alpha value is -1.93. The molecule has 0 unspecified atom stereocenters. The van der Waals surface area contributed by atoms with Crippen LogP contribution >= 0.6 is 11.3 Å². The Labute approximate surface area is 182 Å². The zero-order valence-corrected chi connectivity index (χ0v) is 19.4. The fourth-order valence-corrected chi connectivity index (χ4v) is 8.16. The third-order valence-electron chi connectivity index (χ3n) is 8.22. The number of imide groups is 1. The smallest absolute Gasteiger partial charge is 0.239 e. The van der Waals surface area contributed by atoms with E-state index >= 15 is 0 Å². The van der Waals surface area contributed by atoms with Gasteiger partial charge in [-0.15, -0.1) is 11.3 Å². The summed E-state index contributed by atoms with van der Waals surface area (Å²) >= 11 is 1.53. The molecule has 1 aliphatic heterocycles. The van der Waals surface area contributed by atoms with Crippen molar-refractivity contribution in [2.75, 3.05) is 4.90 Å². The van der Waals surface area contributed by atoms with Crippen molar-refractivity contribution in [3.05, 3.63) is 27.2 Å². The molecule has 2 bridgehead atoms. The molecular formula is C25H30N2O2S. The standard InChI is InChI=1S/C25H30N2O2S/c1-12(2)19-15-8-9-16(19)21-20(15)22(28)27(23(21)29)24-17(11-26)14-7-6-13(25(3,4)5)10-18(14)30-24/h13,15-16,20-21H,6-10H2,1-5H3/t13-,15-,16+,20-,21-/m1/s1. The fourth-order valence-electron chi connectivity index (χ4n) is 6.78. The number of nitrogens with zero attached hydrogens (tertiary/aromatic N) is 2. The van der Waals surface area contributed by atoms with Crippen molar-refractivity contribution >= 4 is 28.2 Å². The second-order valence-electron chi connectivity index (χ2n) is 10.9. The van der Waals surface area contributed by atoms with Crippen molar-refractivity contribution < 1.29 is 9.59 Å². The molecule has 4 nitrogen and oxygen atoms in total. The van der Waals surface area contributed by atoms with E-state index in [9.17, 15) is 14.9 Å². The summed E-state index contributed by atoms with van der Waals surface area (Å²) in [7, 11) is 0. The van der Waals surface area contributed by atoms with Crippen LogP contribution in [0.4, 0.5) is 5.00 Å². The number of carbonyl (C=O) groups is 2. The highest BCUT2D eigenvalue weighted by Crippen LogP contribution is 2.61. The van der Waals surface area contributed by atoms with Crippen molar-refractivity contribution in [2.45, 2.75) is 66.7 Å². The lowest BCUT2D eigenvalue weighted by Gasteiger charge is -2.33. The van der Waals surface area contributed by atoms with Crippen molar-refractivity contribution in [1.29, 1.82) is 5.26 Å². The van der Waals surface area contributed by atoms with Gasteiger partial charge < -0.3 is 0 Å². The summed E-state index contributed by atoms with van der Waals surface area (Å²) in [4.78, 5) is 29.7. The maximum atomic E-state index is 13.5. The quantitative estimate of drug-likeness (QED) is 0.458. The highest BCUT2D eigenvalue weighted by molar-refractivity contribution is 7.17. The van der Waals surface area contributed by atoms with Gasteiger partial charge >= 0.3 is 0 Å². The number of amides is 2. The Balaban J connectivity index is 1.54. The molecule has 30 heavy (non-hydrogen) atoms. The van der Waals surface area contributed by atoms with Gasteiger partial charge in [0, 0.05) is 4.88 Å². The molecular weight excluding hydrogens is 392 g/mol. The first kappa shape index (κ1) is 20.0. The highest BCUT2D eigenvalue weighted by atomic mass is 32.1. The topological polar surface area (TPSA) is 61.2 Å². The van der Waals surface area contributed by atoms with E-state index in [0.29, 0.717) is 16.5 Å². The van der Waals surface area contributed by atoms with Gasteiger partial charge in [0.25, 0.3) is 0 Å². The number of carbonyl (C=O) groups excluding carboxylic acids is 2. The second-order valence-corrected chi connectivity index (χ2v) is 12.0. The monoisotopic (exact) mass is 422 g/mol. The molecule has 0 spiro atoms. The van der Waals surface area contributed by atoms with Gasteiger partial charge in [-0.25, -0.2) is 4.90 Å². The maximum Gasteiger partial charge on any atom is 0.239 e. The van der Waals surface area contributed by atoms with E-state index in [-0.39, 0.29) is 40.9 Å². The Morgan fingerprint density at radius 1 is 1.07 bits per heavy atom. The first-order valence-corrected chi connectivity index (χ1v) is 12.1. The summed E-state index contributed by atoms with van der Waals surface area (Å²) in [6.45, 7) is 11.0. The average Bonchev–Trinajstić information content (AvgIpc) is 3.39. The maximum absolute atomic E-state index is 13.5. The molecule has 4 aliphatic rings. The summed E-state index contributed by atoms with van der Waals surface area (Å²) in [5.74, 6) is 0.456. The number of nitriles is 1. The average molecular weight is 423 g/mol. The lowest BCUT2D eigenvalue weighted by atomic mass is 9.72. The summed E-state index contributed by atoms with van der Waals surface area (Å²) < 4.78 is 0. The molecule has 1 aromatic heterocycles. The Bertz CT molecular complexity index is 999. The van der Waals surface area contributed by atoms with E-state index in [1.165, 1.54) is 32.3 Å². The number of hydrogen-bond acceptors (Lipinski definition) is 4. The number of hydrogen-bond donors (Lipinski definition) is 0. The van der Waals surface area contributed by atoms with Crippen LogP contribution in [0.1, 0.15) is 69.9 Å². The van der Waals surface area contributed by atoms with Gasteiger partial charge in [0.1, 0.15) is 11.1 Å². The van der Waals surface area contributed by atoms with Crippen LogP contribution in [0.5, 0.6) is 0 Å². The van der Waals surface area contributed by atoms with Gasteiger partial charge in [-0.3, -0.25) is 9.59 Å². The van der Waals surface area contributed by atoms with Crippen LogP contribution in [0.15, 0.2) is 11.1 Å². The van der Waals surface area contributed by atoms with E-state index in [4.69, 9.17) is 0 Å². The van der Waals surface area contributed by atoms with Crippen LogP contribution in [0, 0.1) is 46.3 Å².